The summed E-state index contributed by atoms with van der Waals surface area (Å²) < 4.78 is 10.8. The summed E-state index contributed by atoms with van der Waals surface area (Å²) in [5.74, 6) is 0.718. The molecule has 0 aromatic heterocycles. The van der Waals surface area contributed by atoms with Crippen molar-refractivity contribution in [3.05, 3.63) is 53.6 Å². The summed E-state index contributed by atoms with van der Waals surface area (Å²) in [5.41, 5.74) is 4.56. The molecule has 0 atom stereocenters. The van der Waals surface area contributed by atoms with E-state index in [9.17, 15) is 9.59 Å². The van der Waals surface area contributed by atoms with Gasteiger partial charge in [-0.15, -0.1) is 0 Å². The molecule has 1 aliphatic heterocycles. The number of aryl methyl sites for hydroxylation is 2. The molecule has 1 saturated heterocycles. The van der Waals surface area contributed by atoms with Gasteiger partial charge in [0.2, 0.25) is 0 Å². The lowest BCUT2D eigenvalue weighted by molar-refractivity contribution is -0.144. The third kappa shape index (κ3) is 13.0. The molecule has 8 nitrogen and oxygen atoms in total. The number of carbonyl (C=O) groups is 2. The average Bonchev–Trinajstić information content (AvgIpc) is 2.94. The molecule has 1 aliphatic rings. The van der Waals surface area contributed by atoms with E-state index in [-0.39, 0.29) is 12.0 Å². The number of morpholine rings is 1. The second-order valence-corrected chi connectivity index (χ2v) is 11.2. The Morgan fingerprint density at radius 2 is 1.59 bits per heavy atom. The van der Waals surface area contributed by atoms with E-state index in [0.717, 1.165) is 74.1 Å². The molecule has 228 valence electrons. The third-order valence-corrected chi connectivity index (χ3v) is 6.52. The first-order valence-corrected chi connectivity index (χ1v) is 15.2. The largest absolute Gasteiger partial charge is 0.464 e. The summed E-state index contributed by atoms with van der Waals surface area (Å²) in [4.78, 5) is 30.0. The predicted molar refractivity (Wildman–Crippen MR) is 170 cm³/mol. The zero-order valence-corrected chi connectivity index (χ0v) is 26.3. The van der Waals surface area contributed by atoms with Gasteiger partial charge in [-0.1, -0.05) is 65.3 Å². The van der Waals surface area contributed by atoms with E-state index in [0.29, 0.717) is 31.3 Å². The number of benzene rings is 2. The molecule has 0 bridgehead atoms. The van der Waals surface area contributed by atoms with Crippen molar-refractivity contribution in [1.82, 2.24) is 4.90 Å². The lowest BCUT2D eigenvalue weighted by atomic mass is 10.1. The van der Waals surface area contributed by atoms with E-state index >= 15 is 0 Å². The number of urea groups is 1. The van der Waals surface area contributed by atoms with Crippen molar-refractivity contribution in [3.63, 3.8) is 0 Å². The first-order chi connectivity index (χ1) is 19.7. The van der Waals surface area contributed by atoms with Crippen molar-refractivity contribution in [2.24, 2.45) is 11.8 Å². The van der Waals surface area contributed by atoms with Crippen molar-refractivity contribution in [2.45, 2.75) is 61.3 Å². The van der Waals surface area contributed by atoms with Gasteiger partial charge in [0.15, 0.2) is 0 Å². The van der Waals surface area contributed by atoms with Crippen LogP contribution < -0.4 is 15.5 Å². The minimum absolute atomic E-state index is 0.208. The molecular formula is C33H52N4O4. The minimum Gasteiger partial charge on any atom is -0.464 e. The molecule has 0 saturated carbocycles. The van der Waals surface area contributed by atoms with E-state index in [1.54, 1.807) is 0 Å². The fourth-order valence-electron chi connectivity index (χ4n) is 4.62. The minimum atomic E-state index is -0.297. The Morgan fingerprint density at radius 3 is 2.20 bits per heavy atom. The normalized spacial score (nSPS) is 13.4. The number of nitrogens with one attached hydrogen (secondary N) is 2. The number of hydrogen-bond acceptors (Lipinski definition) is 6. The van der Waals surface area contributed by atoms with Crippen molar-refractivity contribution >= 4 is 29.1 Å². The number of amides is 2. The average molecular weight is 569 g/mol. The highest BCUT2D eigenvalue weighted by molar-refractivity contribution is 6.02. The van der Waals surface area contributed by atoms with Crippen LogP contribution in [0.4, 0.5) is 21.9 Å². The molecule has 0 unspecified atom stereocenters. The highest BCUT2D eigenvalue weighted by Crippen LogP contribution is 2.30. The van der Waals surface area contributed by atoms with Gasteiger partial charge in [-0.25, -0.2) is 4.79 Å². The molecule has 8 heteroatoms. The smallest absolute Gasteiger partial charge is 0.323 e. The van der Waals surface area contributed by atoms with Gasteiger partial charge in [-0.2, -0.15) is 0 Å². The molecule has 0 spiro atoms. The maximum Gasteiger partial charge on any atom is 0.323 e. The SMILES string of the molecule is CC.Cc1ccc(NC(=O)Nc2cc(CCC(=O)OCCN3CCOCC3)ccc2N(CC(C)C)CC(C)C)cc1. The van der Waals surface area contributed by atoms with E-state index in [1.165, 1.54) is 0 Å². The number of nitrogens with zero attached hydrogens (tertiary/aromatic N) is 2. The van der Waals surface area contributed by atoms with Crippen LogP contribution in [-0.4, -0.2) is 69.4 Å². The lowest BCUT2D eigenvalue weighted by Crippen LogP contribution is -2.38. The second-order valence-electron chi connectivity index (χ2n) is 11.2. The first-order valence-electron chi connectivity index (χ1n) is 15.2. The number of esters is 1. The number of ether oxygens (including phenoxy) is 2. The van der Waals surface area contributed by atoms with Gasteiger partial charge in [0, 0.05) is 44.8 Å². The van der Waals surface area contributed by atoms with Crippen LogP contribution in [0.15, 0.2) is 42.5 Å². The molecule has 41 heavy (non-hydrogen) atoms. The highest BCUT2D eigenvalue weighted by atomic mass is 16.5. The number of rotatable bonds is 13. The van der Waals surface area contributed by atoms with E-state index in [1.807, 2.05) is 57.2 Å². The second kappa shape index (κ2) is 18.4. The summed E-state index contributed by atoms with van der Waals surface area (Å²) in [7, 11) is 0. The molecule has 2 N–H and O–H groups in total. The molecule has 2 amide bonds. The quantitative estimate of drug-likeness (QED) is 0.265. The Labute approximate surface area is 247 Å². The molecule has 0 aliphatic carbocycles. The van der Waals surface area contributed by atoms with Gasteiger partial charge in [-0.05, 0) is 55.0 Å². The van der Waals surface area contributed by atoms with E-state index in [4.69, 9.17) is 9.47 Å². The number of anilines is 3. The molecule has 0 radical (unpaired) electrons. The zero-order chi connectivity index (χ0) is 30.2. The van der Waals surface area contributed by atoms with Crippen molar-refractivity contribution in [1.29, 1.82) is 0 Å². The van der Waals surface area contributed by atoms with Crippen LogP contribution in [0.25, 0.3) is 0 Å². The molecule has 2 aromatic rings. The molecule has 2 aromatic carbocycles. The molecule has 3 rings (SSSR count). The third-order valence-electron chi connectivity index (χ3n) is 6.52. The van der Waals surface area contributed by atoms with Crippen LogP contribution >= 0.6 is 0 Å². The molecule has 1 heterocycles. The van der Waals surface area contributed by atoms with Gasteiger partial charge in [0.25, 0.3) is 0 Å². The fourth-order valence-corrected chi connectivity index (χ4v) is 4.62. The van der Waals surface area contributed by atoms with Crippen molar-refractivity contribution in [2.75, 3.05) is 68.1 Å². The van der Waals surface area contributed by atoms with Gasteiger partial charge < -0.3 is 25.0 Å². The lowest BCUT2D eigenvalue weighted by Gasteiger charge is -2.30. The van der Waals surface area contributed by atoms with Gasteiger partial charge in [0.1, 0.15) is 6.61 Å². The van der Waals surface area contributed by atoms with Gasteiger partial charge >= 0.3 is 12.0 Å². The summed E-state index contributed by atoms with van der Waals surface area (Å²) in [6.07, 6.45) is 0.832. The summed E-state index contributed by atoms with van der Waals surface area (Å²) in [6, 6.07) is 13.5. The number of hydrogen-bond donors (Lipinski definition) is 2. The fraction of sp³-hybridized carbons (Fsp3) is 0.576. The molecular weight excluding hydrogens is 516 g/mol. The topological polar surface area (TPSA) is 83.1 Å². The first kappa shape index (κ1) is 34.1. The van der Waals surface area contributed by atoms with Crippen molar-refractivity contribution < 1.29 is 19.1 Å². The monoisotopic (exact) mass is 568 g/mol. The Bertz CT molecular complexity index is 1040. The zero-order valence-electron chi connectivity index (χ0n) is 26.3. The highest BCUT2D eigenvalue weighted by Gasteiger charge is 2.18. The standard InChI is InChI=1S/C31H46N4O4.C2H6/c1-23(2)21-35(22-24(3)4)29-12-8-26(9-13-30(36)39-19-16-34-14-17-38-18-15-34)20-28(29)33-31(37)32-27-10-6-25(5)7-11-27;1-2/h6-8,10-12,20,23-24H,9,13-19,21-22H2,1-5H3,(H2,32,33,37);1-2H3. The van der Waals surface area contributed by atoms with Crippen LogP contribution in [-0.2, 0) is 20.7 Å². The van der Waals surface area contributed by atoms with E-state index < -0.39 is 0 Å². The summed E-state index contributed by atoms with van der Waals surface area (Å²) in [5, 5.41) is 6.01. The maximum absolute atomic E-state index is 13.0. The van der Waals surface area contributed by atoms with Crippen LogP contribution in [0.5, 0.6) is 0 Å². The molecule has 1 fully saturated rings. The predicted octanol–water partition coefficient (Wildman–Crippen LogP) is 6.59. The van der Waals surface area contributed by atoms with E-state index in [2.05, 4.69) is 54.2 Å². The van der Waals surface area contributed by atoms with Crippen LogP contribution in [0, 0.1) is 18.8 Å². The van der Waals surface area contributed by atoms with Crippen LogP contribution in [0.1, 0.15) is 59.1 Å². The summed E-state index contributed by atoms with van der Waals surface area (Å²) in [6.45, 7) is 20.9. The Kier molecular flexibility index (Phi) is 15.3. The number of carbonyl (C=O) groups excluding carboxylic acids is 2. The van der Waals surface area contributed by atoms with Gasteiger partial charge in [-0.3, -0.25) is 9.69 Å². The van der Waals surface area contributed by atoms with Crippen LogP contribution in [0.3, 0.4) is 0 Å². The summed E-state index contributed by atoms with van der Waals surface area (Å²) >= 11 is 0. The van der Waals surface area contributed by atoms with Gasteiger partial charge in [0.05, 0.1) is 24.6 Å². The van der Waals surface area contributed by atoms with Crippen LogP contribution in [0.2, 0.25) is 0 Å². The Hall–Kier alpha value is -3.10. The Morgan fingerprint density at radius 1 is 0.951 bits per heavy atom. The Balaban J connectivity index is 0.00000287. The van der Waals surface area contributed by atoms with Crippen molar-refractivity contribution in [3.8, 4) is 0 Å². The maximum atomic E-state index is 13.0.